The molecule has 0 saturated carbocycles. The normalized spacial score (nSPS) is 19.0. The Kier molecular flexibility index (Phi) is 4.86. The van der Waals surface area contributed by atoms with Crippen molar-refractivity contribution in [2.24, 2.45) is 0 Å². The van der Waals surface area contributed by atoms with Gasteiger partial charge in [-0.15, -0.1) is 15.3 Å². The maximum atomic E-state index is 12.9. The average molecular weight is 408 g/mol. The second kappa shape index (κ2) is 7.81. The van der Waals surface area contributed by atoms with E-state index in [2.05, 4.69) is 20.2 Å². The zero-order valence-electron chi connectivity index (χ0n) is 16.9. The molecule has 2 aliphatic heterocycles. The van der Waals surface area contributed by atoms with Crippen LogP contribution in [-0.2, 0) is 4.79 Å². The van der Waals surface area contributed by atoms with Crippen molar-refractivity contribution in [2.75, 3.05) is 37.7 Å². The van der Waals surface area contributed by atoms with Crippen LogP contribution < -0.4 is 14.4 Å². The molecule has 0 bridgehead atoms. The summed E-state index contributed by atoms with van der Waals surface area (Å²) in [5.74, 6) is 3.17. The number of benzene rings is 1. The number of carbonyl (C=O) groups excluding carboxylic acids is 1. The minimum absolute atomic E-state index is 0.0999. The van der Waals surface area contributed by atoms with Crippen LogP contribution in [0.2, 0.25) is 0 Å². The van der Waals surface area contributed by atoms with E-state index in [1.165, 1.54) is 0 Å². The topological polar surface area (TPSA) is 85.1 Å². The lowest BCUT2D eigenvalue weighted by molar-refractivity contribution is -0.133. The molecule has 2 aromatic heterocycles. The largest absolute Gasteiger partial charge is 0.486 e. The third kappa shape index (κ3) is 3.62. The van der Waals surface area contributed by atoms with E-state index >= 15 is 0 Å². The SMILES string of the molecule is Cc1nnc2ccc(N3CCCN(C(=O)CC4COc5ccccc5O4)CC3)nn12. The number of anilines is 1. The second-order valence-electron chi connectivity index (χ2n) is 7.63. The molecule has 9 heteroatoms. The fourth-order valence-corrected chi connectivity index (χ4v) is 3.94. The van der Waals surface area contributed by atoms with Gasteiger partial charge in [0, 0.05) is 26.2 Å². The monoisotopic (exact) mass is 408 g/mol. The molecule has 1 saturated heterocycles. The van der Waals surface area contributed by atoms with E-state index in [1.54, 1.807) is 4.52 Å². The van der Waals surface area contributed by atoms with Crippen LogP contribution in [-0.4, -0.2) is 69.5 Å². The van der Waals surface area contributed by atoms with Gasteiger partial charge in [-0.05, 0) is 37.6 Å². The van der Waals surface area contributed by atoms with Crippen LogP contribution in [0.25, 0.3) is 5.65 Å². The second-order valence-corrected chi connectivity index (χ2v) is 7.63. The first kappa shape index (κ1) is 18.7. The predicted molar refractivity (Wildman–Crippen MR) is 110 cm³/mol. The summed E-state index contributed by atoms with van der Waals surface area (Å²) in [5.41, 5.74) is 0.735. The van der Waals surface area contributed by atoms with Crippen LogP contribution in [0.1, 0.15) is 18.7 Å². The molecule has 9 nitrogen and oxygen atoms in total. The van der Waals surface area contributed by atoms with E-state index in [-0.39, 0.29) is 12.0 Å². The summed E-state index contributed by atoms with van der Waals surface area (Å²) in [6.07, 6.45) is 0.947. The molecule has 0 N–H and O–H groups in total. The van der Waals surface area contributed by atoms with Gasteiger partial charge in [-0.1, -0.05) is 12.1 Å². The van der Waals surface area contributed by atoms with E-state index in [0.717, 1.165) is 49.1 Å². The van der Waals surface area contributed by atoms with Crippen molar-refractivity contribution in [1.29, 1.82) is 0 Å². The molecule has 0 aliphatic carbocycles. The quantitative estimate of drug-likeness (QED) is 0.652. The molecule has 5 rings (SSSR count). The summed E-state index contributed by atoms with van der Waals surface area (Å²) in [7, 11) is 0. The number of fused-ring (bicyclic) bond motifs is 2. The first-order valence-corrected chi connectivity index (χ1v) is 10.3. The first-order valence-electron chi connectivity index (χ1n) is 10.3. The zero-order valence-corrected chi connectivity index (χ0v) is 16.9. The number of carbonyl (C=O) groups is 1. The van der Waals surface area contributed by atoms with Crippen LogP contribution >= 0.6 is 0 Å². The van der Waals surface area contributed by atoms with Gasteiger partial charge in [0.1, 0.15) is 18.5 Å². The summed E-state index contributed by atoms with van der Waals surface area (Å²) in [5, 5.41) is 12.8. The van der Waals surface area contributed by atoms with E-state index in [1.807, 2.05) is 48.2 Å². The molecule has 1 aromatic carbocycles. The zero-order chi connectivity index (χ0) is 20.5. The van der Waals surface area contributed by atoms with Gasteiger partial charge in [0.05, 0.1) is 6.42 Å². The number of hydrogen-bond donors (Lipinski definition) is 0. The molecule has 4 heterocycles. The summed E-state index contributed by atoms with van der Waals surface area (Å²) in [6.45, 7) is 5.24. The lowest BCUT2D eigenvalue weighted by Gasteiger charge is -2.28. The molecule has 156 valence electrons. The standard InChI is InChI=1S/C21H24N6O3/c1-15-22-23-19-7-8-20(24-27(15)19)25-9-4-10-26(12-11-25)21(28)13-16-14-29-17-5-2-3-6-18(17)30-16/h2-3,5-8,16H,4,9-14H2,1H3. The highest BCUT2D eigenvalue weighted by Gasteiger charge is 2.27. The van der Waals surface area contributed by atoms with Crippen molar-refractivity contribution in [2.45, 2.75) is 25.9 Å². The Morgan fingerprint density at radius 2 is 1.93 bits per heavy atom. The molecular weight excluding hydrogens is 384 g/mol. The molecule has 0 spiro atoms. The Balaban J connectivity index is 1.21. The van der Waals surface area contributed by atoms with Crippen molar-refractivity contribution in [3.8, 4) is 11.5 Å². The predicted octanol–water partition coefficient (Wildman–Crippen LogP) is 1.70. The summed E-state index contributed by atoms with van der Waals surface area (Å²) in [4.78, 5) is 17.0. The molecule has 30 heavy (non-hydrogen) atoms. The number of para-hydroxylation sites is 2. The van der Waals surface area contributed by atoms with Gasteiger partial charge in [0.15, 0.2) is 23.0 Å². The van der Waals surface area contributed by atoms with Crippen molar-refractivity contribution in [3.63, 3.8) is 0 Å². The van der Waals surface area contributed by atoms with E-state index in [4.69, 9.17) is 9.47 Å². The number of amides is 1. The highest BCUT2D eigenvalue weighted by atomic mass is 16.6. The molecule has 1 unspecified atom stereocenters. The minimum Gasteiger partial charge on any atom is -0.486 e. The molecule has 1 fully saturated rings. The molecule has 3 aromatic rings. The van der Waals surface area contributed by atoms with E-state index < -0.39 is 0 Å². The molecule has 0 radical (unpaired) electrons. The smallest absolute Gasteiger partial charge is 0.226 e. The van der Waals surface area contributed by atoms with E-state index in [9.17, 15) is 4.79 Å². The van der Waals surface area contributed by atoms with Gasteiger partial charge in [-0.2, -0.15) is 4.52 Å². The number of aryl methyl sites for hydroxylation is 1. The summed E-state index contributed by atoms with van der Waals surface area (Å²) >= 11 is 0. The van der Waals surface area contributed by atoms with Crippen molar-refractivity contribution < 1.29 is 14.3 Å². The Morgan fingerprint density at radius 3 is 2.83 bits per heavy atom. The van der Waals surface area contributed by atoms with E-state index in [0.29, 0.717) is 25.3 Å². The third-order valence-electron chi connectivity index (χ3n) is 5.55. The molecule has 1 amide bonds. The number of nitrogens with zero attached hydrogens (tertiary/aromatic N) is 6. The van der Waals surface area contributed by atoms with Gasteiger partial charge >= 0.3 is 0 Å². The third-order valence-corrected chi connectivity index (χ3v) is 5.55. The Bertz CT molecular complexity index is 1070. The Hall–Kier alpha value is -3.36. The van der Waals surface area contributed by atoms with Crippen LogP contribution in [0.3, 0.4) is 0 Å². The van der Waals surface area contributed by atoms with Crippen molar-refractivity contribution in [1.82, 2.24) is 24.7 Å². The summed E-state index contributed by atoms with van der Waals surface area (Å²) < 4.78 is 13.4. The highest BCUT2D eigenvalue weighted by Crippen LogP contribution is 2.31. The lowest BCUT2D eigenvalue weighted by atomic mass is 10.2. The van der Waals surface area contributed by atoms with Gasteiger partial charge in [-0.3, -0.25) is 4.79 Å². The molecule has 2 aliphatic rings. The lowest BCUT2D eigenvalue weighted by Crippen LogP contribution is -2.40. The van der Waals surface area contributed by atoms with Crippen LogP contribution in [0.15, 0.2) is 36.4 Å². The van der Waals surface area contributed by atoms with Gasteiger partial charge in [0.25, 0.3) is 0 Å². The van der Waals surface area contributed by atoms with Crippen LogP contribution in [0, 0.1) is 6.92 Å². The number of aromatic nitrogens is 4. The Labute approximate surface area is 174 Å². The maximum Gasteiger partial charge on any atom is 0.226 e. The fourth-order valence-electron chi connectivity index (χ4n) is 3.94. The van der Waals surface area contributed by atoms with Crippen molar-refractivity contribution in [3.05, 3.63) is 42.2 Å². The summed E-state index contributed by atoms with van der Waals surface area (Å²) in [6, 6.07) is 11.5. The number of rotatable bonds is 3. The number of hydrogen-bond acceptors (Lipinski definition) is 7. The molecular formula is C21H24N6O3. The minimum atomic E-state index is -0.257. The van der Waals surface area contributed by atoms with Crippen LogP contribution in [0.4, 0.5) is 5.82 Å². The number of ether oxygens (including phenoxy) is 2. The molecule has 1 atom stereocenters. The van der Waals surface area contributed by atoms with Gasteiger partial charge in [-0.25, -0.2) is 0 Å². The van der Waals surface area contributed by atoms with Gasteiger partial charge in [0.2, 0.25) is 5.91 Å². The van der Waals surface area contributed by atoms with Crippen molar-refractivity contribution >= 4 is 17.4 Å². The highest BCUT2D eigenvalue weighted by molar-refractivity contribution is 5.77. The van der Waals surface area contributed by atoms with Crippen LogP contribution in [0.5, 0.6) is 11.5 Å². The first-order chi connectivity index (χ1) is 14.7. The maximum absolute atomic E-state index is 12.9. The Morgan fingerprint density at radius 1 is 1.07 bits per heavy atom. The van der Waals surface area contributed by atoms with Gasteiger partial charge < -0.3 is 19.3 Å². The fraction of sp³-hybridized carbons (Fsp3) is 0.429. The average Bonchev–Trinajstić information content (AvgIpc) is 2.98.